The van der Waals surface area contributed by atoms with Gasteiger partial charge in [-0.25, -0.2) is 4.79 Å². The first-order chi connectivity index (χ1) is 6.72. The topological polar surface area (TPSA) is 52.6 Å². The van der Waals surface area contributed by atoms with Crippen molar-refractivity contribution in [3.05, 3.63) is 0 Å². The van der Waals surface area contributed by atoms with E-state index in [-0.39, 0.29) is 18.7 Å². The van der Waals surface area contributed by atoms with Crippen molar-refractivity contribution in [3.63, 3.8) is 0 Å². The van der Waals surface area contributed by atoms with Gasteiger partial charge in [-0.1, -0.05) is 6.92 Å². The average molecular weight is 200 g/mol. The van der Waals surface area contributed by atoms with Crippen LogP contribution in [0.3, 0.4) is 0 Å². The van der Waals surface area contributed by atoms with Crippen LogP contribution in [-0.2, 0) is 19.1 Å². The van der Waals surface area contributed by atoms with Gasteiger partial charge in [0.2, 0.25) is 0 Å². The summed E-state index contributed by atoms with van der Waals surface area (Å²) < 4.78 is 9.67. The van der Waals surface area contributed by atoms with Gasteiger partial charge in [0, 0.05) is 0 Å². The minimum absolute atomic E-state index is 0.258. The van der Waals surface area contributed by atoms with Crippen LogP contribution in [0.4, 0.5) is 0 Å². The monoisotopic (exact) mass is 200 g/mol. The number of hydrogen-bond donors (Lipinski definition) is 0. The average Bonchev–Trinajstić information content (AvgIpc) is 2.64. The zero-order chi connectivity index (χ0) is 10.4. The molecule has 1 saturated carbocycles. The zero-order valence-electron chi connectivity index (χ0n) is 8.45. The molecule has 1 rings (SSSR count). The Labute approximate surface area is 83.6 Å². The van der Waals surface area contributed by atoms with Gasteiger partial charge in [-0.15, -0.1) is 0 Å². The zero-order valence-corrected chi connectivity index (χ0v) is 8.45. The van der Waals surface area contributed by atoms with Crippen molar-refractivity contribution < 1.29 is 19.1 Å². The van der Waals surface area contributed by atoms with Gasteiger partial charge < -0.3 is 9.47 Å². The highest BCUT2D eigenvalue weighted by atomic mass is 16.6. The predicted molar refractivity (Wildman–Crippen MR) is 49.6 cm³/mol. The Morgan fingerprint density at radius 2 is 2.07 bits per heavy atom. The molecule has 0 amide bonds. The first-order valence-corrected chi connectivity index (χ1v) is 4.99. The predicted octanol–water partition coefficient (Wildman–Crippen LogP) is 1.43. The van der Waals surface area contributed by atoms with Gasteiger partial charge in [0.15, 0.2) is 6.61 Å². The molecule has 0 spiro atoms. The van der Waals surface area contributed by atoms with Crippen molar-refractivity contribution in [1.82, 2.24) is 0 Å². The lowest BCUT2D eigenvalue weighted by molar-refractivity contribution is -0.166. The summed E-state index contributed by atoms with van der Waals surface area (Å²) >= 11 is 0. The van der Waals surface area contributed by atoms with Crippen molar-refractivity contribution in [2.45, 2.75) is 44.6 Å². The van der Waals surface area contributed by atoms with E-state index in [2.05, 4.69) is 4.74 Å². The summed E-state index contributed by atoms with van der Waals surface area (Å²) in [4.78, 5) is 21.1. The van der Waals surface area contributed by atoms with Crippen LogP contribution in [0.5, 0.6) is 0 Å². The Bertz CT molecular complexity index is 206. The largest absolute Gasteiger partial charge is 0.457 e. The Morgan fingerprint density at radius 1 is 1.43 bits per heavy atom. The lowest BCUT2D eigenvalue weighted by Crippen LogP contribution is -2.32. The Hall–Kier alpha value is -1.06. The lowest BCUT2D eigenvalue weighted by Gasteiger charge is -2.27. The molecule has 0 aromatic carbocycles. The third-order valence-corrected chi connectivity index (χ3v) is 2.76. The maximum Gasteiger partial charge on any atom is 0.344 e. The van der Waals surface area contributed by atoms with Gasteiger partial charge in [0.1, 0.15) is 5.60 Å². The number of ether oxygens (including phenoxy) is 2. The number of carbonyl (C=O) groups is 2. The SMILES string of the molecule is CCC1(OC(=O)COC=O)CCCC1. The summed E-state index contributed by atoms with van der Waals surface area (Å²) in [7, 11) is 0. The molecule has 0 aromatic heterocycles. The first kappa shape index (κ1) is 11.0. The number of hydrogen-bond acceptors (Lipinski definition) is 4. The van der Waals surface area contributed by atoms with E-state index in [9.17, 15) is 9.59 Å². The van der Waals surface area contributed by atoms with E-state index >= 15 is 0 Å². The third-order valence-electron chi connectivity index (χ3n) is 2.76. The molecule has 0 saturated heterocycles. The normalized spacial score (nSPS) is 18.9. The number of carbonyl (C=O) groups excluding carboxylic acids is 2. The summed E-state index contributed by atoms with van der Waals surface area (Å²) in [6, 6.07) is 0. The molecule has 1 aliphatic carbocycles. The van der Waals surface area contributed by atoms with Crippen LogP contribution in [0, 0.1) is 0 Å². The van der Waals surface area contributed by atoms with Gasteiger partial charge in [0.05, 0.1) is 0 Å². The third kappa shape index (κ3) is 2.72. The van der Waals surface area contributed by atoms with Gasteiger partial charge in [-0.3, -0.25) is 4.79 Å². The van der Waals surface area contributed by atoms with Crippen LogP contribution in [0.1, 0.15) is 39.0 Å². The van der Waals surface area contributed by atoms with Crippen LogP contribution in [0.25, 0.3) is 0 Å². The van der Waals surface area contributed by atoms with E-state index in [0.29, 0.717) is 0 Å². The first-order valence-electron chi connectivity index (χ1n) is 4.99. The summed E-state index contributed by atoms with van der Waals surface area (Å²) in [5, 5.41) is 0. The van der Waals surface area contributed by atoms with Crippen molar-refractivity contribution >= 4 is 12.4 Å². The molecule has 14 heavy (non-hydrogen) atoms. The van der Waals surface area contributed by atoms with Crippen molar-refractivity contribution in [2.24, 2.45) is 0 Å². The van der Waals surface area contributed by atoms with E-state index in [0.717, 1.165) is 32.1 Å². The summed E-state index contributed by atoms with van der Waals surface area (Å²) in [6.45, 7) is 2.00. The molecule has 4 nitrogen and oxygen atoms in total. The molecule has 4 heteroatoms. The van der Waals surface area contributed by atoms with E-state index in [1.165, 1.54) is 0 Å². The smallest absolute Gasteiger partial charge is 0.344 e. The minimum atomic E-state index is -0.444. The van der Waals surface area contributed by atoms with Gasteiger partial charge >= 0.3 is 5.97 Å². The minimum Gasteiger partial charge on any atom is -0.457 e. The Kier molecular flexibility index (Phi) is 3.92. The molecule has 0 unspecified atom stereocenters. The second-order valence-corrected chi connectivity index (χ2v) is 3.62. The molecule has 0 aliphatic heterocycles. The lowest BCUT2D eigenvalue weighted by atomic mass is 9.99. The quantitative estimate of drug-likeness (QED) is 0.497. The van der Waals surface area contributed by atoms with E-state index in [1.54, 1.807) is 0 Å². The van der Waals surface area contributed by atoms with Crippen LogP contribution in [0.2, 0.25) is 0 Å². The fourth-order valence-electron chi connectivity index (χ4n) is 1.92. The second kappa shape index (κ2) is 4.98. The molecular formula is C10H16O4. The van der Waals surface area contributed by atoms with Crippen LogP contribution < -0.4 is 0 Å². The number of rotatable bonds is 5. The molecule has 0 N–H and O–H groups in total. The molecule has 1 aliphatic rings. The van der Waals surface area contributed by atoms with E-state index < -0.39 is 5.97 Å². The van der Waals surface area contributed by atoms with Crippen molar-refractivity contribution in [2.75, 3.05) is 6.61 Å². The highest BCUT2D eigenvalue weighted by molar-refractivity contribution is 5.72. The molecule has 80 valence electrons. The van der Waals surface area contributed by atoms with E-state index in [4.69, 9.17) is 4.74 Å². The molecule has 0 atom stereocenters. The second-order valence-electron chi connectivity index (χ2n) is 3.62. The standard InChI is InChI=1S/C10H16O4/c1-2-10(5-3-4-6-10)14-9(12)7-13-8-11/h8H,2-7H2,1H3. The summed E-state index contributed by atoms with van der Waals surface area (Å²) in [5.41, 5.74) is -0.288. The Balaban J connectivity index is 2.39. The molecule has 0 radical (unpaired) electrons. The summed E-state index contributed by atoms with van der Waals surface area (Å²) in [5.74, 6) is -0.444. The fourth-order valence-corrected chi connectivity index (χ4v) is 1.92. The molecular weight excluding hydrogens is 184 g/mol. The van der Waals surface area contributed by atoms with E-state index in [1.807, 2.05) is 6.92 Å². The fraction of sp³-hybridized carbons (Fsp3) is 0.800. The van der Waals surface area contributed by atoms with Crippen LogP contribution in [-0.4, -0.2) is 24.6 Å². The van der Waals surface area contributed by atoms with Crippen LogP contribution >= 0.6 is 0 Å². The van der Waals surface area contributed by atoms with Gasteiger partial charge in [-0.05, 0) is 32.1 Å². The maximum atomic E-state index is 11.2. The highest BCUT2D eigenvalue weighted by Gasteiger charge is 2.35. The summed E-state index contributed by atoms with van der Waals surface area (Å²) in [6.07, 6.45) is 4.90. The maximum absolute atomic E-state index is 11.2. The van der Waals surface area contributed by atoms with Crippen molar-refractivity contribution in [3.8, 4) is 0 Å². The van der Waals surface area contributed by atoms with Crippen LogP contribution in [0.15, 0.2) is 0 Å². The molecule has 0 aromatic rings. The van der Waals surface area contributed by atoms with Crippen molar-refractivity contribution in [1.29, 1.82) is 0 Å². The highest BCUT2D eigenvalue weighted by Crippen LogP contribution is 2.35. The Morgan fingerprint density at radius 3 is 2.57 bits per heavy atom. The molecule has 0 bridgehead atoms. The molecule has 1 fully saturated rings. The molecule has 0 heterocycles. The van der Waals surface area contributed by atoms with Gasteiger partial charge in [-0.2, -0.15) is 0 Å². The van der Waals surface area contributed by atoms with Gasteiger partial charge in [0.25, 0.3) is 6.47 Å². The number of esters is 1.